The van der Waals surface area contributed by atoms with Crippen LogP contribution in [-0.4, -0.2) is 30.7 Å². The molecule has 0 aromatic heterocycles. The van der Waals surface area contributed by atoms with Gasteiger partial charge in [-0.2, -0.15) is 0 Å². The summed E-state index contributed by atoms with van der Waals surface area (Å²) in [5.74, 6) is -0.357. The molecule has 74 valence electrons. The fourth-order valence-electron chi connectivity index (χ4n) is 1.29. The standard InChI is InChI=1S/C8H14N2O3/c1-3-13-7(11)6-4-5(2)9-8(12)10-6/h5-6H,3-4H2,1-2H3,(H2,9,10,12). The van der Waals surface area contributed by atoms with E-state index >= 15 is 0 Å². The van der Waals surface area contributed by atoms with Crippen LogP contribution >= 0.6 is 0 Å². The number of rotatable bonds is 2. The van der Waals surface area contributed by atoms with E-state index in [0.29, 0.717) is 13.0 Å². The maximum atomic E-state index is 11.2. The summed E-state index contributed by atoms with van der Waals surface area (Å²) in [6, 6.07) is -0.788. The summed E-state index contributed by atoms with van der Waals surface area (Å²) >= 11 is 0. The Morgan fingerprint density at radius 3 is 2.85 bits per heavy atom. The van der Waals surface area contributed by atoms with Crippen LogP contribution in [0.1, 0.15) is 20.3 Å². The Morgan fingerprint density at radius 1 is 1.62 bits per heavy atom. The van der Waals surface area contributed by atoms with Crippen LogP contribution in [0.15, 0.2) is 0 Å². The molecule has 2 atom stereocenters. The fraction of sp³-hybridized carbons (Fsp3) is 0.750. The second kappa shape index (κ2) is 4.11. The van der Waals surface area contributed by atoms with Crippen LogP contribution in [0.2, 0.25) is 0 Å². The van der Waals surface area contributed by atoms with Gasteiger partial charge in [0, 0.05) is 6.04 Å². The number of carbonyl (C=O) groups excluding carboxylic acids is 2. The number of urea groups is 1. The first kappa shape index (κ1) is 9.83. The van der Waals surface area contributed by atoms with Crippen LogP contribution in [0.3, 0.4) is 0 Å². The summed E-state index contributed by atoms with van der Waals surface area (Å²) < 4.78 is 4.80. The molecule has 13 heavy (non-hydrogen) atoms. The Morgan fingerprint density at radius 2 is 2.31 bits per heavy atom. The van der Waals surface area contributed by atoms with E-state index in [4.69, 9.17) is 4.74 Å². The zero-order chi connectivity index (χ0) is 9.84. The fourth-order valence-corrected chi connectivity index (χ4v) is 1.29. The Kier molecular flexibility index (Phi) is 3.11. The van der Waals surface area contributed by atoms with Crippen molar-refractivity contribution in [3.8, 4) is 0 Å². The largest absolute Gasteiger partial charge is 0.464 e. The maximum Gasteiger partial charge on any atom is 0.328 e. The Balaban J connectivity index is 2.49. The van der Waals surface area contributed by atoms with E-state index in [0.717, 1.165) is 0 Å². The normalized spacial score (nSPS) is 27.4. The van der Waals surface area contributed by atoms with Crippen LogP contribution in [0.4, 0.5) is 4.79 Å². The number of esters is 1. The van der Waals surface area contributed by atoms with Gasteiger partial charge in [-0.1, -0.05) is 0 Å². The van der Waals surface area contributed by atoms with Gasteiger partial charge in [-0.05, 0) is 20.3 Å². The molecule has 2 N–H and O–H groups in total. The summed E-state index contributed by atoms with van der Waals surface area (Å²) in [4.78, 5) is 22.2. The number of amides is 2. The zero-order valence-electron chi connectivity index (χ0n) is 7.79. The van der Waals surface area contributed by atoms with Gasteiger partial charge in [0.1, 0.15) is 6.04 Å². The Bertz CT molecular complexity index is 217. The lowest BCUT2D eigenvalue weighted by Crippen LogP contribution is -2.56. The SMILES string of the molecule is CCOC(=O)C1CC(C)NC(=O)N1. The summed E-state index contributed by atoms with van der Waals surface area (Å²) in [6.07, 6.45) is 0.574. The molecule has 1 fully saturated rings. The summed E-state index contributed by atoms with van der Waals surface area (Å²) in [7, 11) is 0. The summed E-state index contributed by atoms with van der Waals surface area (Å²) in [6.45, 7) is 3.93. The molecule has 0 spiro atoms. The third-order valence-corrected chi connectivity index (χ3v) is 1.84. The Hall–Kier alpha value is -1.26. The lowest BCUT2D eigenvalue weighted by molar-refractivity contribution is -0.145. The van der Waals surface area contributed by atoms with Crippen molar-refractivity contribution < 1.29 is 14.3 Å². The van der Waals surface area contributed by atoms with Crippen LogP contribution in [0.25, 0.3) is 0 Å². The van der Waals surface area contributed by atoms with Gasteiger partial charge in [-0.25, -0.2) is 9.59 Å². The number of carbonyl (C=O) groups is 2. The van der Waals surface area contributed by atoms with Gasteiger partial charge in [-0.15, -0.1) is 0 Å². The van der Waals surface area contributed by atoms with Gasteiger partial charge >= 0.3 is 12.0 Å². The molecule has 0 aromatic rings. The van der Waals surface area contributed by atoms with Crippen molar-refractivity contribution in [1.29, 1.82) is 0 Å². The molecule has 0 aliphatic carbocycles. The molecule has 1 heterocycles. The minimum atomic E-state index is -0.497. The van der Waals surface area contributed by atoms with Crippen molar-refractivity contribution in [2.75, 3.05) is 6.61 Å². The minimum Gasteiger partial charge on any atom is -0.464 e. The minimum absolute atomic E-state index is 0.0168. The molecule has 0 aromatic carbocycles. The smallest absolute Gasteiger partial charge is 0.328 e. The van der Waals surface area contributed by atoms with Gasteiger partial charge < -0.3 is 15.4 Å². The second-order valence-electron chi connectivity index (χ2n) is 3.06. The molecule has 5 heteroatoms. The van der Waals surface area contributed by atoms with Gasteiger partial charge in [0.05, 0.1) is 6.61 Å². The monoisotopic (exact) mass is 186 g/mol. The number of hydrogen-bond acceptors (Lipinski definition) is 3. The zero-order valence-corrected chi connectivity index (χ0v) is 7.79. The van der Waals surface area contributed by atoms with Gasteiger partial charge in [0.15, 0.2) is 0 Å². The molecule has 0 radical (unpaired) electrons. The van der Waals surface area contributed by atoms with Crippen LogP contribution in [-0.2, 0) is 9.53 Å². The molecule has 1 rings (SSSR count). The van der Waals surface area contributed by atoms with E-state index in [-0.39, 0.29) is 18.0 Å². The summed E-state index contributed by atoms with van der Waals surface area (Å²) in [5.41, 5.74) is 0. The van der Waals surface area contributed by atoms with Crippen molar-refractivity contribution in [1.82, 2.24) is 10.6 Å². The van der Waals surface area contributed by atoms with E-state index in [2.05, 4.69) is 10.6 Å². The quantitative estimate of drug-likeness (QED) is 0.597. The molecule has 1 saturated heterocycles. The van der Waals surface area contributed by atoms with Crippen LogP contribution in [0.5, 0.6) is 0 Å². The number of nitrogens with one attached hydrogen (secondary N) is 2. The number of ether oxygens (including phenoxy) is 1. The third kappa shape index (κ3) is 2.61. The van der Waals surface area contributed by atoms with E-state index < -0.39 is 6.04 Å². The van der Waals surface area contributed by atoms with E-state index in [1.54, 1.807) is 6.92 Å². The highest BCUT2D eigenvalue weighted by atomic mass is 16.5. The molecule has 1 aliphatic heterocycles. The van der Waals surface area contributed by atoms with Crippen molar-refractivity contribution in [3.05, 3.63) is 0 Å². The van der Waals surface area contributed by atoms with Crippen molar-refractivity contribution in [2.45, 2.75) is 32.4 Å². The third-order valence-electron chi connectivity index (χ3n) is 1.84. The molecule has 0 saturated carbocycles. The van der Waals surface area contributed by atoms with Crippen LogP contribution in [0, 0.1) is 0 Å². The predicted molar refractivity (Wildman–Crippen MR) is 46.2 cm³/mol. The lowest BCUT2D eigenvalue weighted by atomic mass is 10.1. The molecular weight excluding hydrogens is 172 g/mol. The van der Waals surface area contributed by atoms with E-state index in [9.17, 15) is 9.59 Å². The lowest BCUT2D eigenvalue weighted by Gasteiger charge is -2.27. The van der Waals surface area contributed by atoms with Gasteiger partial charge in [0.2, 0.25) is 0 Å². The summed E-state index contributed by atoms with van der Waals surface area (Å²) in [5, 5.41) is 5.16. The first-order valence-electron chi connectivity index (χ1n) is 4.37. The molecule has 1 aliphatic rings. The van der Waals surface area contributed by atoms with Crippen molar-refractivity contribution in [2.24, 2.45) is 0 Å². The molecular formula is C8H14N2O3. The second-order valence-corrected chi connectivity index (χ2v) is 3.06. The van der Waals surface area contributed by atoms with Crippen molar-refractivity contribution >= 4 is 12.0 Å². The van der Waals surface area contributed by atoms with Crippen molar-refractivity contribution in [3.63, 3.8) is 0 Å². The molecule has 2 unspecified atom stereocenters. The first-order valence-corrected chi connectivity index (χ1v) is 4.37. The van der Waals surface area contributed by atoms with Gasteiger partial charge in [0.25, 0.3) is 0 Å². The number of hydrogen-bond donors (Lipinski definition) is 2. The topological polar surface area (TPSA) is 67.4 Å². The first-order chi connectivity index (χ1) is 6.13. The average Bonchev–Trinajstić information content (AvgIpc) is 2.03. The molecule has 5 nitrogen and oxygen atoms in total. The maximum absolute atomic E-state index is 11.2. The molecule has 0 bridgehead atoms. The molecule has 2 amide bonds. The van der Waals surface area contributed by atoms with E-state index in [1.165, 1.54) is 0 Å². The highest BCUT2D eigenvalue weighted by Gasteiger charge is 2.29. The predicted octanol–water partition coefficient (Wildman–Crippen LogP) is 0.00950. The highest BCUT2D eigenvalue weighted by Crippen LogP contribution is 2.05. The Labute approximate surface area is 76.8 Å². The van der Waals surface area contributed by atoms with Crippen LogP contribution < -0.4 is 10.6 Å². The highest BCUT2D eigenvalue weighted by molar-refractivity contribution is 5.85. The van der Waals surface area contributed by atoms with Gasteiger partial charge in [-0.3, -0.25) is 0 Å². The van der Waals surface area contributed by atoms with E-state index in [1.807, 2.05) is 6.92 Å². The average molecular weight is 186 g/mol.